The predicted octanol–water partition coefficient (Wildman–Crippen LogP) is 0.165. The zero-order valence-corrected chi connectivity index (χ0v) is 5.84. The zero-order valence-electron chi connectivity index (χ0n) is 4.95. The highest BCUT2D eigenvalue weighted by Crippen LogP contribution is 1.61. The van der Waals surface area contributed by atoms with Crippen LogP contribution < -0.4 is 0 Å². The normalized spacial score (nSPS) is 6.89. The molecule has 0 atom stereocenters. The van der Waals surface area contributed by atoms with Gasteiger partial charge in [0.05, 0.1) is 6.61 Å². The first kappa shape index (κ1) is 11.3. The van der Waals surface area contributed by atoms with Gasteiger partial charge in [0.2, 0.25) is 0 Å². The lowest BCUT2D eigenvalue weighted by molar-refractivity contribution is -0.131. The minimum atomic E-state index is -0.981. The van der Waals surface area contributed by atoms with Gasteiger partial charge in [-0.15, -0.1) is 0 Å². The van der Waals surface area contributed by atoms with E-state index in [1.165, 1.54) is 0 Å². The van der Waals surface area contributed by atoms with Crippen LogP contribution in [-0.4, -0.2) is 28.5 Å². The first-order chi connectivity index (χ1) is 4.18. The molecule has 0 aromatic carbocycles. The lowest BCUT2D eigenvalue weighted by Gasteiger charge is -1.69. The minimum absolute atomic E-state index is 0.184. The number of aliphatic hydroxyl groups excluding tert-OH is 1. The van der Waals surface area contributed by atoms with E-state index < -0.39 is 5.97 Å². The van der Waals surface area contributed by atoms with Crippen molar-refractivity contribution in [2.45, 2.75) is 0 Å². The summed E-state index contributed by atoms with van der Waals surface area (Å²) in [5.74, 6) is -0.412. The van der Waals surface area contributed by atoms with Gasteiger partial charge in [0, 0.05) is 11.8 Å². The number of carboxylic acid groups (broad SMARTS) is 1. The molecular formula is C5H10O3S. The molecule has 4 heteroatoms. The van der Waals surface area contributed by atoms with Gasteiger partial charge in [0.1, 0.15) is 0 Å². The van der Waals surface area contributed by atoms with Crippen molar-refractivity contribution in [3.63, 3.8) is 0 Å². The molecule has 0 fully saturated rings. The molecule has 0 amide bonds. The average Bonchev–Trinajstić information content (AvgIpc) is 1.89. The lowest BCUT2D eigenvalue weighted by Crippen LogP contribution is -1.82. The van der Waals surface area contributed by atoms with Crippen LogP contribution in [0.1, 0.15) is 0 Å². The van der Waals surface area contributed by atoms with Gasteiger partial charge in [-0.1, -0.05) is 6.58 Å². The molecule has 0 spiro atoms. The molecule has 0 saturated heterocycles. The smallest absolute Gasteiger partial charge is 0.327 e. The fraction of sp³-hybridized carbons (Fsp3) is 0.400. The first-order valence-corrected chi connectivity index (χ1v) is 2.89. The van der Waals surface area contributed by atoms with Crippen molar-refractivity contribution in [2.24, 2.45) is 0 Å². The number of hydrogen-bond donors (Lipinski definition) is 3. The third-order valence-corrected chi connectivity index (χ3v) is 0.475. The summed E-state index contributed by atoms with van der Waals surface area (Å²) in [5, 5.41) is 15.4. The number of aliphatic hydroxyl groups is 1. The summed E-state index contributed by atoms with van der Waals surface area (Å²) in [5.41, 5.74) is 0. The molecule has 0 aliphatic carbocycles. The van der Waals surface area contributed by atoms with Gasteiger partial charge < -0.3 is 10.2 Å². The van der Waals surface area contributed by atoms with Crippen molar-refractivity contribution in [1.82, 2.24) is 0 Å². The molecule has 0 heterocycles. The van der Waals surface area contributed by atoms with Crippen LogP contribution in [0.2, 0.25) is 0 Å². The van der Waals surface area contributed by atoms with Crippen molar-refractivity contribution in [1.29, 1.82) is 0 Å². The highest BCUT2D eigenvalue weighted by molar-refractivity contribution is 7.80. The lowest BCUT2D eigenvalue weighted by atomic mass is 10.7. The largest absolute Gasteiger partial charge is 0.478 e. The fourth-order valence-electron chi connectivity index (χ4n) is 0. The maximum absolute atomic E-state index is 9.25. The first-order valence-electron chi connectivity index (χ1n) is 2.26. The Morgan fingerprint density at radius 1 is 1.78 bits per heavy atom. The minimum Gasteiger partial charge on any atom is -0.478 e. The summed E-state index contributed by atoms with van der Waals surface area (Å²) in [6, 6.07) is 0. The summed E-state index contributed by atoms with van der Waals surface area (Å²) in [6.45, 7) is 3.14. The summed E-state index contributed by atoms with van der Waals surface area (Å²) in [4.78, 5) is 9.25. The molecule has 0 radical (unpaired) electrons. The standard InChI is InChI=1S/C3H4O2.C2H6OS/c1-2-3(4)5;3-1-2-4/h2H,1H2,(H,4,5);3-4H,1-2H2. The second-order valence-corrected chi connectivity index (χ2v) is 1.44. The van der Waals surface area contributed by atoms with Crippen LogP contribution in [0.5, 0.6) is 0 Å². The van der Waals surface area contributed by atoms with E-state index in [9.17, 15) is 4.79 Å². The van der Waals surface area contributed by atoms with Crippen LogP contribution in [0.25, 0.3) is 0 Å². The maximum Gasteiger partial charge on any atom is 0.327 e. The van der Waals surface area contributed by atoms with Crippen LogP contribution >= 0.6 is 12.6 Å². The van der Waals surface area contributed by atoms with Crippen LogP contribution in [0.4, 0.5) is 0 Å². The number of carboxylic acids is 1. The maximum atomic E-state index is 9.25. The Labute approximate surface area is 59.4 Å². The van der Waals surface area contributed by atoms with Crippen LogP contribution in [0.15, 0.2) is 12.7 Å². The monoisotopic (exact) mass is 150 g/mol. The van der Waals surface area contributed by atoms with Crippen LogP contribution in [0, 0.1) is 0 Å². The molecule has 0 aliphatic heterocycles. The van der Waals surface area contributed by atoms with Gasteiger partial charge in [-0.3, -0.25) is 0 Å². The Morgan fingerprint density at radius 2 is 2.00 bits per heavy atom. The molecular weight excluding hydrogens is 140 g/mol. The summed E-state index contributed by atoms with van der Waals surface area (Å²) < 4.78 is 0. The third kappa shape index (κ3) is 36.1. The van der Waals surface area contributed by atoms with E-state index in [0.29, 0.717) is 5.75 Å². The third-order valence-electron chi connectivity index (χ3n) is 0.275. The van der Waals surface area contributed by atoms with Gasteiger partial charge in [-0.25, -0.2) is 4.79 Å². The molecule has 0 aromatic rings. The molecule has 0 unspecified atom stereocenters. The molecule has 0 saturated carbocycles. The van der Waals surface area contributed by atoms with Gasteiger partial charge >= 0.3 is 5.97 Å². The van der Waals surface area contributed by atoms with E-state index in [1.807, 2.05) is 0 Å². The summed E-state index contributed by atoms with van der Waals surface area (Å²) in [6.07, 6.45) is 0.833. The zero-order chi connectivity index (χ0) is 7.70. The van der Waals surface area contributed by atoms with Crippen molar-refractivity contribution >= 4 is 18.6 Å². The summed E-state index contributed by atoms with van der Waals surface area (Å²) >= 11 is 3.67. The van der Waals surface area contributed by atoms with Gasteiger partial charge in [0.25, 0.3) is 0 Å². The van der Waals surface area contributed by atoms with Crippen molar-refractivity contribution < 1.29 is 15.0 Å². The topological polar surface area (TPSA) is 57.5 Å². The Bertz CT molecular complexity index is 80.3. The Kier molecular flexibility index (Phi) is 13.2. The van der Waals surface area contributed by atoms with Crippen molar-refractivity contribution in [3.05, 3.63) is 12.7 Å². The molecule has 54 valence electrons. The van der Waals surface area contributed by atoms with E-state index in [0.717, 1.165) is 6.08 Å². The molecule has 3 nitrogen and oxygen atoms in total. The van der Waals surface area contributed by atoms with Gasteiger partial charge in [-0.2, -0.15) is 12.6 Å². The Morgan fingerprint density at radius 3 is 2.00 bits per heavy atom. The number of hydrogen-bond acceptors (Lipinski definition) is 3. The van der Waals surface area contributed by atoms with E-state index in [4.69, 9.17) is 10.2 Å². The van der Waals surface area contributed by atoms with Crippen molar-refractivity contribution in [3.8, 4) is 0 Å². The molecule has 0 rings (SSSR count). The Balaban J connectivity index is 0. The molecule has 0 aliphatic rings. The molecule has 0 aromatic heterocycles. The molecule has 9 heavy (non-hydrogen) atoms. The van der Waals surface area contributed by atoms with Crippen LogP contribution in [0.3, 0.4) is 0 Å². The van der Waals surface area contributed by atoms with E-state index in [2.05, 4.69) is 19.2 Å². The molecule has 0 bridgehead atoms. The number of aliphatic carboxylic acids is 1. The van der Waals surface area contributed by atoms with Crippen LogP contribution in [-0.2, 0) is 4.79 Å². The SMILES string of the molecule is C=CC(=O)O.OCCS. The Hall–Kier alpha value is -0.480. The predicted molar refractivity (Wildman–Crippen MR) is 38.8 cm³/mol. The second-order valence-electron chi connectivity index (χ2n) is 0.990. The van der Waals surface area contributed by atoms with Gasteiger partial charge in [-0.05, 0) is 0 Å². The van der Waals surface area contributed by atoms with Crippen molar-refractivity contribution in [2.75, 3.05) is 12.4 Å². The number of rotatable bonds is 2. The average molecular weight is 150 g/mol. The van der Waals surface area contributed by atoms with E-state index in [-0.39, 0.29) is 6.61 Å². The quantitative estimate of drug-likeness (QED) is 0.388. The van der Waals surface area contributed by atoms with Gasteiger partial charge in [0.15, 0.2) is 0 Å². The van der Waals surface area contributed by atoms with E-state index >= 15 is 0 Å². The fourth-order valence-corrected chi connectivity index (χ4v) is 0. The highest BCUT2D eigenvalue weighted by atomic mass is 32.1. The van der Waals surface area contributed by atoms with E-state index in [1.54, 1.807) is 0 Å². The second kappa shape index (κ2) is 10.5. The highest BCUT2D eigenvalue weighted by Gasteiger charge is 1.73. The molecule has 2 N–H and O–H groups in total. The summed E-state index contributed by atoms with van der Waals surface area (Å²) in [7, 11) is 0. The number of carbonyl (C=O) groups is 1. The number of thiol groups is 1.